The minimum atomic E-state index is -0.900. The molecule has 0 saturated carbocycles. The summed E-state index contributed by atoms with van der Waals surface area (Å²) in [7, 11) is 0. The number of benzene rings is 1. The maximum Gasteiger partial charge on any atom is 0.348 e. The van der Waals surface area contributed by atoms with Crippen LogP contribution in [0.4, 0.5) is 5.69 Å². The van der Waals surface area contributed by atoms with Crippen molar-refractivity contribution >= 4 is 23.1 Å². The Labute approximate surface area is 130 Å². The first kappa shape index (κ1) is 15.8. The lowest BCUT2D eigenvalue weighted by atomic mass is 10.0. The summed E-state index contributed by atoms with van der Waals surface area (Å²) in [5.74, 6) is -0.602. The maximum absolute atomic E-state index is 12.1. The molecule has 0 amide bonds. The van der Waals surface area contributed by atoms with Crippen molar-refractivity contribution in [3.63, 3.8) is 0 Å². The third kappa shape index (κ3) is 2.75. The van der Waals surface area contributed by atoms with E-state index in [-0.39, 0.29) is 17.8 Å². The van der Waals surface area contributed by atoms with Gasteiger partial charge in [0, 0.05) is 17.1 Å². The van der Waals surface area contributed by atoms with Crippen LogP contribution in [0.2, 0.25) is 5.02 Å². The van der Waals surface area contributed by atoms with Crippen LogP contribution in [0.3, 0.4) is 0 Å². The molecule has 114 valence electrons. The predicted molar refractivity (Wildman–Crippen MR) is 81.3 cm³/mol. The number of rotatable bonds is 4. The Morgan fingerprint density at radius 1 is 1.45 bits per heavy atom. The predicted octanol–water partition coefficient (Wildman–Crippen LogP) is 2.69. The second-order valence-corrected chi connectivity index (χ2v) is 4.95. The molecule has 8 heteroatoms. The number of aromatic nitrogens is 2. The van der Waals surface area contributed by atoms with E-state index >= 15 is 0 Å². The van der Waals surface area contributed by atoms with Crippen molar-refractivity contribution in [2.45, 2.75) is 20.4 Å². The van der Waals surface area contributed by atoms with Gasteiger partial charge in [-0.3, -0.25) is 19.7 Å². The summed E-state index contributed by atoms with van der Waals surface area (Å²) in [5, 5.41) is 15.7. The van der Waals surface area contributed by atoms with Gasteiger partial charge < -0.3 is 0 Å². The van der Waals surface area contributed by atoms with Crippen LogP contribution in [0.25, 0.3) is 11.3 Å². The van der Waals surface area contributed by atoms with Crippen LogP contribution in [-0.4, -0.2) is 20.5 Å². The van der Waals surface area contributed by atoms with Crippen molar-refractivity contribution < 1.29 is 9.72 Å². The summed E-state index contributed by atoms with van der Waals surface area (Å²) in [6.45, 7) is 2.94. The lowest BCUT2D eigenvalue weighted by molar-refractivity contribution is -0.386. The molecule has 0 aliphatic heterocycles. The normalized spacial score (nSPS) is 10.5. The minimum Gasteiger partial charge on any atom is -0.294 e. The number of nitrogens with zero attached hydrogens (tertiary/aromatic N) is 3. The lowest BCUT2D eigenvalue weighted by Gasteiger charge is -2.10. The Bertz CT molecular complexity index is 829. The molecule has 7 nitrogen and oxygen atoms in total. The van der Waals surface area contributed by atoms with Crippen LogP contribution >= 0.6 is 11.6 Å². The zero-order chi connectivity index (χ0) is 16.4. The quantitative estimate of drug-likeness (QED) is 0.490. The zero-order valence-electron chi connectivity index (χ0n) is 11.9. The molecule has 0 atom stereocenters. The highest BCUT2D eigenvalue weighted by Crippen LogP contribution is 2.28. The first-order valence-electron chi connectivity index (χ1n) is 6.43. The number of nitro groups is 1. The fourth-order valence-corrected chi connectivity index (χ4v) is 2.30. The van der Waals surface area contributed by atoms with Crippen molar-refractivity contribution in [2.75, 3.05) is 0 Å². The van der Waals surface area contributed by atoms with E-state index < -0.39 is 22.0 Å². The van der Waals surface area contributed by atoms with Gasteiger partial charge in [0.05, 0.1) is 4.92 Å². The fraction of sp³-hybridized carbons (Fsp3) is 0.214. The van der Waals surface area contributed by atoms with Crippen LogP contribution in [0.15, 0.2) is 29.1 Å². The Morgan fingerprint density at radius 3 is 2.64 bits per heavy atom. The van der Waals surface area contributed by atoms with Gasteiger partial charge in [-0.05, 0) is 26.0 Å². The zero-order valence-corrected chi connectivity index (χ0v) is 12.6. The molecule has 0 fully saturated rings. The molecule has 2 aromatic rings. The molecule has 2 rings (SSSR count). The second kappa shape index (κ2) is 6.07. The van der Waals surface area contributed by atoms with Gasteiger partial charge in [0.25, 0.3) is 0 Å². The molecule has 0 bridgehead atoms. The average molecular weight is 322 g/mol. The monoisotopic (exact) mass is 321 g/mol. The van der Waals surface area contributed by atoms with Gasteiger partial charge in [0.15, 0.2) is 5.78 Å². The van der Waals surface area contributed by atoms with Crippen LogP contribution in [-0.2, 0) is 6.54 Å². The standard InChI is InChI=1S/C14H12ClN3O4/c1-3-17-14(20)13(18(21)22)11(8(2)19)12(16-17)9-5-4-6-10(15)7-9/h4-7H,3H2,1-2H3. The molecule has 0 radical (unpaired) electrons. The third-order valence-electron chi connectivity index (χ3n) is 3.06. The van der Waals surface area contributed by atoms with Gasteiger partial charge in [0.1, 0.15) is 11.3 Å². The van der Waals surface area contributed by atoms with E-state index in [9.17, 15) is 19.7 Å². The van der Waals surface area contributed by atoms with Crippen LogP contribution < -0.4 is 5.56 Å². The highest BCUT2D eigenvalue weighted by Gasteiger charge is 2.29. The Morgan fingerprint density at radius 2 is 2.14 bits per heavy atom. The molecule has 0 aliphatic rings. The van der Waals surface area contributed by atoms with E-state index in [2.05, 4.69) is 5.10 Å². The number of halogens is 1. The van der Waals surface area contributed by atoms with Crippen molar-refractivity contribution in [2.24, 2.45) is 0 Å². The SMILES string of the molecule is CCn1nc(-c2cccc(Cl)c2)c(C(C)=O)c([N+](=O)[O-])c1=O. The summed E-state index contributed by atoms with van der Waals surface area (Å²) in [6.07, 6.45) is 0. The smallest absolute Gasteiger partial charge is 0.294 e. The average Bonchev–Trinajstić information content (AvgIpc) is 2.46. The summed E-state index contributed by atoms with van der Waals surface area (Å²) in [4.78, 5) is 34.4. The van der Waals surface area contributed by atoms with E-state index in [0.29, 0.717) is 10.6 Å². The Balaban J connectivity index is 2.94. The van der Waals surface area contributed by atoms with Crippen molar-refractivity contribution in [3.8, 4) is 11.3 Å². The number of hydrogen-bond acceptors (Lipinski definition) is 5. The Hall–Kier alpha value is -2.54. The number of Topliss-reactive ketones (excluding diaryl/α,β-unsaturated/α-hetero) is 1. The lowest BCUT2D eigenvalue weighted by Crippen LogP contribution is -2.28. The first-order chi connectivity index (χ1) is 10.4. The molecule has 1 aromatic carbocycles. The van der Waals surface area contributed by atoms with Crippen molar-refractivity contribution in [3.05, 3.63) is 55.3 Å². The van der Waals surface area contributed by atoms with Crippen LogP contribution in [0.1, 0.15) is 24.2 Å². The highest BCUT2D eigenvalue weighted by molar-refractivity contribution is 6.30. The fourth-order valence-electron chi connectivity index (χ4n) is 2.11. The van der Waals surface area contributed by atoms with Crippen LogP contribution in [0.5, 0.6) is 0 Å². The number of carbonyl (C=O) groups excluding carboxylic acids is 1. The molecule has 0 N–H and O–H groups in total. The number of aryl methyl sites for hydroxylation is 1. The van der Waals surface area contributed by atoms with Crippen molar-refractivity contribution in [1.82, 2.24) is 9.78 Å². The molecule has 1 aromatic heterocycles. The minimum absolute atomic E-state index is 0.0724. The topological polar surface area (TPSA) is 95.1 Å². The molecule has 0 spiro atoms. The van der Waals surface area contributed by atoms with Crippen molar-refractivity contribution in [1.29, 1.82) is 0 Å². The molecule has 1 heterocycles. The van der Waals surface area contributed by atoms with Gasteiger partial charge >= 0.3 is 11.2 Å². The first-order valence-corrected chi connectivity index (χ1v) is 6.81. The third-order valence-corrected chi connectivity index (χ3v) is 3.30. The second-order valence-electron chi connectivity index (χ2n) is 4.52. The molecule has 0 unspecified atom stereocenters. The van der Waals surface area contributed by atoms with E-state index in [1.165, 1.54) is 6.07 Å². The maximum atomic E-state index is 12.1. The van der Waals surface area contributed by atoms with Gasteiger partial charge in [0.2, 0.25) is 0 Å². The van der Waals surface area contributed by atoms with Gasteiger partial charge in [-0.15, -0.1) is 0 Å². The number of carbonyl (C=O) groups is 1. The highest BCUT2D eigenvalue weighted by atomic mass is 35.5. The van der Waals surface area contributed by atoms with E-state index in [1.807, 2.05) is 0 Å². The number of ketones is 1. The molecular formula is C14H12ClN3O4. The molecular weight excluding hydrogens is 310 g/mol. The van der Waals surface area contributed by atoms with Gasteiger partial charge in [-0.2, -0.15) is 5.10 Å². The molecule has 0 saturated heterocycles. The summed E-state index contributed by atoms with van der Waals surface area (Å²) in [6, 6.07) is 6.42. The summed E-state index contributed by atoms with van der Waals surface area (Å²) >= 11 is 5.92. The summed E-state index contributed by atoms with van der Waals surface area (Å²) < 4.78 is 0.959. The van der Waals surface area contributed by atoms with E-state index in [1.54, 1.807) is 25.1 Å². The van der Waals surface area contributed by atoms with E-state index in [4.69, 9.17) is 11.6 Å². The summed E-state index contributed by atoms with van der Waals surface area (Å²) in [5.41, 5.74) is -1.46. The largest absolute Gasteiger partial charge is 0.348 e. The van der Waals surface area contributed by atoms with E-state index in [0.717, 1.165) is 11.6 Å². The van der Waals surface area contributed by atoms with Gasteiger partial charge in [-0.1, -0.05) is 23.7 Å². The number of hydrogen-bond donors (Lipinski definition) is 0. The van der Waals surface area contributed by atoms with Crippen LogP contribution in [0, 0.1) is 10.1 Å². The van der Waals surface area contributed by atoms with Gasteiger partial charge in [-0.25, -0.2) is 4.68 Å². The Kier molecular flexibility index (Phi) is 4.37. The molecule has 22 heavy (non-hydrogen) atoms. The molecule has 0 aliphatic carbocycles.